The van der Waals surface area contributed by atoms with Crippen molar-refractivity contribution in [3.05, 3.63) is 23.8 Å². The normalized spacial score (nSPS) is 23.5. The second-order valence-electron chi connectivity index (χ2n) is 7.98. The van der Waals surface area contributed by atoms with Gasteiger partial charge in [0.1, 0.15) is 6.61 Å². The Balaban J connectivity index is 1.60. The molecular weight excluding hydrogens is 408 g/mol. The number of rotatable bonds is 6. The zero-order valence-electron chi connectivity index (χ0n) is 17.3. The molecule has 0 spiro atoms. The summed E-state index contributed by atoms with van der Waals surface area (Å²) < 4.78 is 44.3. The van der Waals surface area contributed by atoms with Crippen LogP contribution in [0.4, 0.5) is 5.69 Å². The predicted octanol–water partition coefficient (Wildman–Crippen LogP) is 2.03. The molecule has 9 heteroatoms. The fraction of sp³-hybridized carbons (Fsp3) is 0.667. The fourth-order valence-corrected chi connectivity index (χ4v) is 5.74. The van der Waals surface area contributed by atoms with Crippen molar-refractivity contribution in [2.24, 2.45) is 0 Å². The summed E-state index contributed by atoms with van der Waals surface area (Å²) in [6, 6.07) is 4.81. The van der Waals surface area contributed by atoms with Gasteiger partial charge in [0.15, 0.2) is 0 Å². The van der Waals surface area contributed by atoms with E-state index in [4.69, 9.17) is 14.2 Å². The Morgan fingerprint density at radius 1 is 1.03 bits per heavy atom. The van der Waals surface area contributed by atoms with Gasteiger partial charge in [-0.25, -0.2) is 13.2 Å². The molecule has 3 heterocycles. The number of hydrogen-bond donors (Lipinski definition) is 0. The molecule has 8 nitrogen and oxygen atoms in total. The first kappa shape index (κ1) is 21.5. The molecule has 0 radical (unpaired) electrons. The van der Waals surface area contributed by atoms with Gasteiger partial charge in [-0.2, -0.15) is 4.31 Å². The average molecular weight is 439 g/mol. The van der Waals surface area contributed by atoms with Gasteiger partial charge in [0.05, 0.1) is 35.5 Å². The summed E-state index contributed by atoms with van der Waals surface area (Å²) in [4.78, 5) is 15.2. The maximum absolute atomic E-state index is 13.1. The maximum atomic E-state index is 13.1. The number of morpholine rings is 1. The van der Waals surface area contributed by atoms with Gasteiger partial charge in [0.2, 0.25) is 10.0 Å². The highest BCUT2D eigenvalue weighted by atomic mass is 32.2. The molecule has 3 aliphatic rings. The third-order valence-electron chi connectivity index (χ3n) is 5.92. The van der Waals surface area contributed by atoms with Gasteiger partial charge in [0, 0.05) is 32.8 Å². The van der Waals surface area contributed by atoms with E-state index in [0.29, 0.717) is 51.7 Å². The van der Waals surface area contributed by atoms with Crippen LogP contribution < -0.4 is 4.90 Å². The van der Waals surface area contributed by atoms with Crippen LogP contribution in [-0.4, -0.2) is 77.4 Å². The monoisotopic (exact) mass is 438 g/mol. The summed E-state index contributed by atoms with van der Waals surface area (Å²) in [5.74, 6) is -0.511. The first-order valence-corrected chi connectivity index (χ1v) is 12.3. The molecule has 3 fully saturated rings. The van der Waals surface area contributed by atoms with Crippen molar-refractivity contribution in [2.75, 3.05) is 57.5 Å². The van der Waals surface area contributed by atoms with Crippen molar-refractivity contribution in [1.82, 2.24) is 4.31 Å². The van der Waals surface area contributed by atoms with Crippen LogP contribution in [0, 0.1) is 0 Å². The van der Waals surface area contributed by atoms with Crippen molar-refractivity contribution in [3.63, 3.8) is 0 Å². The molecular formula is C21H30N2O6S. The van der Waals surface area contributed by atoms with Crippen molar-refractivity contribution in [2.45, 2.75) is 43.1 Å². The van der Waals surface area contributed by atoms with Crippen LogP contribution in [0.1, 0.15) is 42.5 Å². The average Bonchev–Trinajstić information content (AvgIpc) is 3.32. The standard InChI is InChI=1S/C21H30N2O6S/c24-21(29-16-17-5-4-12-28-17)19-15-18(30(25,26)23-8-2-1-3-9-23)6-7-20(19)22-10-13-27-14-11-22/h6-7,15,17H,1-5,8-14,16H2. The number of esters is 1. The Hall–Kier alpha value is -1.68. The second-order valence-corrected chi connectivity index (χ2v) is 9.91. The van der Waals surface area contributed by atoms with E-state index in [1.807, 2.05) is 4.90 Å². The van der Waals surface area contributed by atoms with Gasteiger partial charge in [-0.15, -0.1) is 0 Å². The zero-order chi connectivity index (χ0) is 21.0. The van der Waals surface area contributed by atoms with E-state index in [1.54, 1.807) is 12.1 Å². The summed E-state index contributed by atoms with van der Waals surface area (Å²) in [6.45, 7) is 4.33. The SMILES string of the molecule is O=C(OCC1CCCO1)c1cc(S(=O)(=O)N2CCCCC2)ccc1N1CCOCC1. The summed E-state index contributed by atoms with van der Waals surface area (Å²) in [7, 11) is -3.64. The van der Waals surface area contributed by atoms with Crippen LogP contribution in [0.5, 0.6) is 0 Å². The number of hydrogen-bond acceptors (Lipinski definition) is 7. The minimum Gasteiger partial charge on any atom is -0.459 e. The first-order valence-electron chi connectivity index (χ1n) is 10.8. The van der Waals surface area contributed by atoms with Gasteiger partial charge in [-0.1, -0.05) is 6.42 Å². The first-order chi connectivity index (χ1) is 14.6. The second kappa shape index (κ2) is 9.64. The number of nitrogens with zero attached hydrogens (tertiary/aromatic N) is 2. The minimum absolute atomic E-state index is 0.0824. The Morgan fingerprint density at radius 3 is 2.50 bits per heavy atom. The van der Waals surface area contributed by atoms with Crippen LogP contribution in [0.25, 0.3) is 0 Å². The smallest absolute Gasteiger partial charge is 0.340 e. The number of piperidine rings is 1. The van der Waals surface area contributed by atoms with E-state index >= 15 is 0 Å². The molecule has 30 heavy (non-hydrogen) atoms. The van der Waals surface area contributed by atoms with Crippen molar-refractivity contribution < 1.29 is 27.4 Å². The van der Waals surface area contributed by atoms with E-state index in [-0.39, 0.29) is 23.2 Å². The van der Waals surface area contributed by atoms with Gasteiger partial charge >= 0.3 is 5.97 Å². The molecule has 0 aromatic heterocycles. The molecule has 166 valence electrons. The lowest BCUT2D eigenvalue weighted by atomic mass is 10.1. The van der Waals surface area contributed by atoms with Crippen LogP contribution >= 0.6 is 0 Å². The number of carbonyl (C=O) groups excluding carboxylic acids is 1. The van der Waals surface area contributed by atoms with Gasteiger partial charge in [0.25, 0.3) is 0 Å². The summed E-state index contributed by atoms with van der Waals surface area (Å²) in [5.41, 5.74) is 0.973. The Bertz CT molecular complexity index is 841. The van der Waals surface area contributed by atoms with E-state index in [1.165, 1.54) is 10.4 Å². The van der Waals surface area contributed by atoms with Crippen molar-refractivity contribution in [3.8, 4) is 0 Å². The molecule has 4 rings (SSSR count). The van der Waals surface area contributed by atoms with Crippen molar-refractivity contribution >= 4 is 21.7 Å². The highest BCUT2D eigenvalue weighted by Crippen LogP contribution is 2.29. The molecule has 1 aromatic carbocycles. The molecule has 0 aliphatic carbocycles. The maximum Gasteiger partial charge on any atom is 0.340 e. The van der Waals surface area contributed by atoms with E-state index in [9.17, 15) is 13.2 Å². The largest absolute Gasteiger partial charge is 0.459 e. The van der Waals surface area contributed by atoms with Crippen LogP contribution in [0.2, 0.25) is 0 Å². The summed E-state index contributed by atoms with van der Waals surface area (Å²) in [5, 5.41) is 0. The summed E-state index contributed by atoms with van der Waals surface area (Å²) in [6.07, 6.45) is 4.52. The number of carbonyl (C=O) groups is 1. The minimum atomic E-state index is -3.64. The summed E-state index contributed by atoms with van der Waals surface area (Å²) >= 11 is 0. The van der Waals surface area contributed by atoms with Gasteiger partial charge in [-0.05, 0) is 43.9 Å². The Kier molecular flexibility index (Phi) is 6.92. The highest BCUT2D eigenvalue weighted by molar-refractivity contribution is 7.89. The third kappa shape index (κ3) is 4.80. The van der Waals surface area contributed by atoms with Crippen LogP contribution in [0.15, 0.2) is 23.1 Å². The molecule has 1 atom stereocenters. The predicted molar refractivity (Wildman–Crippen MR) is 111 cm³/mol. The number of benzene rings is 1. The van der Waals surface area contributed by atoms with Gasteiger partial charge < -0.3 is 19.1 Å². The van der Waals surface area contributed by atoms with Crippen molar-refractivity contribution in [1.29, 1.82) is 0 Å². The molecule has 0 amide bonds. The van der Waals surface area contributed by atoms with Gasteiger partial charge in [-0.3, -0.25) is 0 Å². The molecule has 3 saturated heterocycles. The molecule has 1 aromatic rings. The highest BCUT2D eigenvalue weighted by Gasteiger charge is 2.29. The quantitative estimate of drug-likeness (QED) is 0.628. The number of anilines is 1. The lowest BCUT2D eigenvalue weighted by Gasteiger charge is -2.31. The fourth-order valence-electron chi connectivity index (χ4n) is 4.20. The van der Waals surface area contributed by atoms with Crippen LogP contribution in [0.3, 0.4) is 0 Å². The topological polar surface area (TPSA) is 85.4 Å². The molecule has 1 unspecified atom stereocenters. The number of sulfonamides is 1. The lowest BCUT2D eigenvalue weighted by Crippen LogP contribution is -2.38. The lowest BCUT2D eigenvalue weighted by molar-refractivity contribution is 0.0161. The molecule has 0 N–H and O–H groups in total. The van der Waals surface area contributed by atoms with E-state index < -0.39 is 16.0 Å². The zero-order valence-corrected chi connectivity index (χ0v) is 18.1. The van der Waals surface area contributed by atoms with Crippen LogP contribution in [-0.2, 0) is 24.2 Å². The van der Waals surface area contributed by atoms with E-state index in [2.05, 4.69) is 0 Å². The molecule has 0 saturated carbocycles. The third-order valence-corrected chi connectivity index (χ3v) is 7.81. The number of ether oxygens (including phenoxy) is 3. The Labute approximate surface area is 178 Å². The molecule has 3 aliphatic heterocycles. The molecule has 0 bridgehead atoms. The van der Waals surface area contributed by atoms with E-state index in [0.717, 1.165) is 32.1 Å². The Morgan fingerprint density at radius 2 is 1.80 bits per heavy atom.